The number of carbonyl (C=O) groups is 5. The van der Waals surface area contributed by atoms with Crippen molar-refractivity contribution in [2.75, 3.05) is 5.32 Å². The molecule has 4 amide bonds. The van der Waals surface area contributed by atoms with Gasteiger partial charge in [0.15, 0.2) is 0 Å². The minimum absolute atomic E-state index is 0.180. The summed E-state index contributed by atoms with van der Waals surface area (Å²) in [6.07, 6.45) is 2.43. The van der Waals surface area contributed by atoms with Gasteiger partial charge in [-0.1, -0.05) is 6.07 Å². The summed E-state index contributed by atoms with van der Waals surface area (Å²) in [4.78, 5) is 61.7. The monoisotopic (exact) mass is 413 g/mol. The van der Waals surface area contributed by atoms with E-state index in [-0.39, 0.29) is 43.0 Å². The standard InChI is InChI=1S/C21H23N3O6/c25-17-9-8-16(19(27)23-17)24-10-14-13(20(24)28)2-1-3-15(14)22-18(26)11-4-6-12(7-5-11)21(29)30/h1-3,11-12,16H,4-10H2,(H,22,26)(H,29,30)(H,23,25,27)/t11?,12?,16-/m1/s1. The Balaban J connectivity index is 1.46. The van der Waals surface area contributed by atoms with E-state index in [0.29, 0.717) is 42.5 Å². The first-order chi connectivity index (χ1) is 14.3. The van der Waals surface area contributed by atoms with Crippen LogP contribution >= 0.6 is 0 Å². The second-order valence-electron chi connectivity index (χ2n) is 8.11. The summed E-state index contributed by atoms with van der Waals surface area (Å²) in [5.74, 6) is -2.77. The van der Waals surface area contributed by atoms with Crippen LogP contribution in [0.3, 0.4) is 0 Å². The molecule has 30 heavy (non-hydrogen) atoms. The third-order valence-electron chi connectivity index (χ3n) is 6.29. The number of piperidine rings is 1. The van der Waals surface area contributed by atoms with E-state index < -0.39 is 23.8 Å². The van der Waals surface area contributed by atoms with E-state index in [1.54, 1.807) is 18.2 Å². The maximum atomic E-state index is 12.9. The summed E-state index contributed by atoms with van der Waals surface area (Å²) >= 11 is 0. The second-order valence-corrected chi connectivity index (χ2v) is 8.11. The van der Waals surface area contributed by atoms with Crippen molar-refractivity contribution in [3.05, 3.63) is 29.3 Å². The number of benzene rings is 1. The fourth-order valence-corrected chi connectivity index (χ4v) is 4.54. The lowest BCUT2D eigenvalue weighted by atomic mass is 9.81. The molecule has 1 atom stereocenters. The lowest BCUT2D eigenvalue weighted by Gasteiger charge is -2.29. The molecule has 3 aliphatic rings. The van der Waals surface area contributed by atoms with Crippen molar-refractivity contribution in [2.24, 2.45) is 11.8 Å². The van der Waals surface area contributed by atoms with E-state index in [1.807, 2.05) is 0 Å². The number of anilines is 1. The third kappa shape index (κ3) is 3.67. The van der Waals surface area contributed by atoms with Gasteiger partial charge < -0.3 is 15.3 Å². The molecule has 3 N–H and O–H groups in total. The van der Waals surface area contributed by atoms with Gasteiger partial charge in [0.05, 0.1) is 5.92 Å². The van der Waals surface area contributed by atoms with Crippen LogP contribution in [-0.4, -0.2) is 45.6 Å². The molecular weight excluding hydrogens is 390 g/mol. The van der Waals surface area contributed by atoms with Gasteiger partial charge >= 0.3 is 5.97 Å². The van der Waals surface area contributed by atoms with E-state index in [0.717, 1.165) is 0 Å². The van der Waals surface area contributed by atoms with Crippen LogP contribution in [0.25, 0.3) is 0 Å². The normalized spacial score (nSPS) is 26.2. The van der Waals surface area contributed by atoms with E-state index >= 15 is 0 Å². The molecule has 1 saturated carbocycles. The Hall–Kier alpha value is -3.23. The van der Waals surface area contributed by atoms with Gasteiger partial charge in [-0.3, -0.25) is 29.3 Å². The first-order valence-electron chi connectivity index (χ1n) is 10.2. The highest BCUT2D eigenvalue weighted by molar-refractivity contribution is 6.06. The first-order valence-corrected chi connectivity index (χ1v) is 10.2. The Labute approximate surface area is 172 Å². The van der Waals surface area contributed by atoms with Crippen LogP contribution < -0.4 is 10.6 Å². The number of hydrogen-bond acceptors (Lipinski definition) is 5. The van der Waals surface area contributed by atoms with Crippen molar-refractivity contribution in [1.29, 1.82) is 0 Å². The highest BCUT2D eigenvalue weighted by Gasteiger charge is 2.40. The molecular formula is C21H23N3O6. The highest BCUT2D eigenvalue weighted by atomic mass is 16.4. The predicted octanol–water partition coefficient (Wildman–Crippen LogP) is 1.28. The number of carbonyl (C=O) groups excluding carboxylic acids is 4. The van der Waals surface area contributed by atoms with Crippen molar-refractivity contribution in [3.8, 4) is 0 Å². The summed E-state index contributed by atoms with van der Waals surface area (Å²) in [6, 6.07) is 4.36. The number of carboxylic acids is 1. The largest absolute Gasteiger partial charge is 0.481 e. The van der Waals surface area contributed by atoms with Crippen molar-refractivity contribution < 1.29 is 29.1 Å². The van der Waals surface area contributed by atoms with Gasteiger partial charge in [-0.05, 0) is 44.2 Å². The Morgan fingerprint density at radius 2 is 1.73 bits per heavy atom. The summed E-state index contributed by atoms with van der Waals surface area (Å²) in [6.45, 7) is 0.183. The minimum Gasteiger partial charge on any atom is -0.481 e. The zero-order chi connectivity index (χ0) is 21.4. The molecule has 1 aliphatic carbocycles. The predicted molar refractivity (Wildman–Crippen MR) is 104 cm³/mol. The smallest absolute Gasteiger partial charge is 0.306 e. The zero-order valence-electron chi connectivity index (χ0n) is 16.3. The van der Waals surface area contributed by atoms with Crippen LogP contribution in [0.2, 0.25) is 0 Å². The van der Waals surface area contributed by atoms with Crippen LogP contribution in [0.4, 0.5) is 5.69 Å². The number of imide groups is 1. The number of aliphatic carboxylic acids is 1. The van der Waals surface area contributed by atoms with Crippen molar-refractivity contribution in [3.63, 3.8) is 0 Å². The Kier molecular flexibility index (Phi) is 5.27. The number of fused-ring (bicyclic) bond motifs is 1. The Morgan fingerprint density at radius 3 is 2.40 bits per heavy atom. The molecule has 9 nitrogen and oxygen atoms in total. The molecule has 2 heterocycles. The molecule has 2 fully saturated rings. The van der Waals surface area contributed by atoms with E-state index in [9.17, 15) is 24.0 Å². The van der Waals surface area contributed by atoms with E-state index in [2.05, 4.69) is 10.6 Å². The maximum absolute atomic E-state index is 12.9. The molecule has 0 spiro atoms. The lowest BCUT2D eigenvalue weighted by Crippen LogP contribution is -2.52. The van der Waals surface area contributed by atoms with Gasteiger partial charge in [-0.15, -0.1) is 0 Å². The van der Waals surface area contributed by atoms with Crippen LogP contribution in [0, 0.1) is 11.8 Å². The quantitative estimate of drug-likeness (QED) is 0.637. The summed E-state index contributed by atoms with van der Waals surface area (Å²) in [5.41, 5.74) is 1.62. The molecule has 9 heteroatoms. The summed E-state index contributed by atoms with van der Waals surface area (Å²) < 4.78 is 0. The number of hydrogen-bond donors (Lipinski definition) is 3. The SMILES string of the molecule is O=C1CC[C@@H](N2Cc3c(NC(=O)C4CCC(C(=O)O)CC4)cccc3C2=O)C(=O)N1. The molecule has 4 rings (SSSR count). The maximum Gasteiger partial charge on any atom is 0.306 e. The van der Waals surface area contributed by atoms with Crippen LogP contribution in [0.1, 0.15) is 54.4 Å². The molecule has 2 aliphatic heterocycles. The van der Waals surface area contributed by atoms with Crippen LogP contribution in [0.15, 0.2) is 18.2 Å². The second kappa shape index (κ2) is 7.89. The summed E-state index contributed by atoms with van der Waals surface area (Å²) in [5, 5.41) is 14.3. The van der Waals surface area contributed by atoms with Gasteiger partial charge in [0.25, 0.3) is 5.91 Å². The Morgan fingerprint density at radius 1 is 1.03 bits per heavy atom. The molecule has 1 saturated heterocycles. The molecule has 1 aromatic rings. The van der Waals surface area contributed by atoms with E-state index in [4.69, 9.17) is 5.11 Å². The minimum atomic E-state index is -0.818. The molecule has 0 radical (unpaired) electrons. The van der Waals surface area contributed by atoms with Crippen LogP contribution in [0.5, 0.6) is 0 Å². The Bertz CT molecular complexity index is 935. The topological polar surface area (TPSA) is 133 Å². The average Bonchev–Trinajstić information content (AvgIpc) is 3.05. The molecule has 0 aromatic heterocycles. The van der Waals surface area contributed by atoms with Gasteiger partial charge in [0, 0.05) is 35.7 Å². The van der Waals surface area contributed by atoms with Crippen molar-refractivity contribution in [2.45, 2.75) is 51.1 Å². The van der Waals surface area contributed by atoms with Gasteiger partial charge in [0.1, 0.15) is 6.04 Å². The molecule has 158 valence electrons. The van der Waals surface area contributed by atoms with Gasteiger partial charge in [-0.25, -0.2) is 0 Å². The molecule has 0 bridgehead atoms. The third-order valence-corrected chi connectivity index (χ3v) is 6.29. The van der Waals surface area contributed by atoms with Crippen LogP contribution in [-0.2, 0) is 25.7 Å². The van der Waals surface area contributed by atoms with Gasteiger partial charge in [0.2, 0.25) is 17.7 Å². The van der Waals surface area contributed by atoms with Crippen molar-refractivity contribution in [1.82, 2.24) is 10.2 Å². The number of rotatable bonds is 4. The number of nitrogens with zero attached hydrogens (tertiary/aromatic N) is 1. The van der Waals surface area contributed by atoms with Crippen molar-refractivity contribution >= 4 is 35.3 Å². The molecule has 1 aromatic carbocycles. The number of carboxylic acid groups (broad SMARTS) is 1. The zero-order valence-corrected chi connectivity index (χ0v) is 16.3. The number of amides is 4. The summed E-state index contributed by atoms with van der Waals surface area (Å²) in [7, 11) is 0. The highest BCUT2D eigenvalue weighted by Crippen LogP contribution is 2.34. The van der Waals surface area contributed by atoms with Gasteiger partial charge in [-0.2, -0.15) is 0 Å². The number of nitrogens with one attached hydrogen (secondary N) is 2. The fraction of sp³-hybridized carbons (Fsp3) is 0.476. The molecule has 0 unspecified atom stereocenters. The average molecular weight is 413 g/mol. The lowest BCUT2D eigenvalue weighted by molar-refractivity contribution is -0.144. The van der Waals surface area contributed by atoms with E-state index in [1.165, 1.54) is 4.90 Å². The first kappa shape index (κ1) is 20.1. The fourth-order valence-electron chi connectivity index (χ4n) is 4.54.